The minimum atomic E-state index is -0.786. The van der Waals surface area contributed by atoms with E-state index in [4.69, 9.17) is 23.2 Å². The van der Waals surface area contributed by atoms with Crippen LogP contribution in [-0.2, 0) is 0 Å². The molecule has 0 bridgehead atoms. The molecule has 0 unspecified atom stereocenters. The van der Waals surface area contributed by atoms with Crippen LogP contribution >= 0.6 is 23.2 Å². The molecule has 0 aromatic heterocycles. The zero-order valence-electron chi connectivity index (χ0n) is 16.0. The van der Waals surface area contributed by atoms with Gasteiger partial charge >= 0.3 is 0 Å². The number of rotatable bonds is 5. The summed E-state index contributed by atoms with van der Waals surface area (Å²) in [5, 5.41) is 6.46. The number of halogens is 2. The van der Waals surface area contributed by atoms with Gasteiger partial charge in [0.1, 0.15) is 6.17 Å². The van der Waals surface area contributed by atoms with Gasteiger partial charge in [0.15, 0.2) is 0 Å². The number of hydrogen-bond donors (Lipinski definition) is 2. The highest BCUT2D eigenvalue weighted by molar-refractivity contribution is 6.42. The lowest BCUT2D eigenvalue weighted by atomic mass is 10.1. The minimum absolute atomic E-state index is 0.311. The van der Waals surface area contributed by atoms with Crippen LogP contribution in [0.1, 0.15) is 43.6 Å². The van der Waals surface area contributed by atoms with E-state index in [0.29, 0.717) is 26.7 Å². The van der Waals surface area contributed by atoms with Crippen LogP contribution in [0.2, 0.25) is 10.0 Å². The number of hydrogen-bond acceptors (Lipinski definition) is 2. The topological polar surface area (TPSA) is 58.2 Å². The Morgan fingerprint density at radius 2 is 1.24 bits per heavy atom. The predicted octanol–water partition coefficient (Wildman–Crippen LogP) is 5.47. The molecule has 4 nitrogen and oxygen atoms in total. The summed E-state index contributed by atoms with van der Waals surface area (Å²) in [5.41, 5.74) is 3.54. The first-order chi connectivity index (χ1) is 13.8. The highest BCUT2D eigenvalue weighted by Gasteiger charge is 2.20. The maximum Gasteiger partial charge on any atom is 0.253 e. The molecule has 0 aliphatic carbocycles. The molecule has 148 valence electrons. The van der Waals surface area contributed by atoms with Crippen molar-refractivity contribution in [3.63, 3.8) is 0 Å². The second-order valence-electron chi connectivity index (χ2n) is 6.79. The quantitative estimate of drug-likeness (QED) is 0.531. The van der Waals surface area contributed by atoms with Gasteiger partial charge < -0.3 is 10.6 Å². The van der Waals surface area contributed by atoms with Crippen LogP contribution in [0.25, 0.3) is 0 Å². The van der Waals surface area contributed by atoms with Gasteiger partial charge in [-0.15, -0.1) is 0 Å². The number of benzene rings is 3. The third-order valence-corrected chi connectivity index (χ3v) is 5.13. The summed E-state index contributed by atoms with van der Waals surface area (Å²) in [5.74, 6) is -0.622. The van der Waals surface area contributed by atoms with Gasteiger partial charge in [0.2, 0.25) is 0 Å². The van der Waals surface area contributed by atoms with Crippen molar-refractivity contribution in [2.24, 2.45) is 0 Å². The third-order valence-electron chi connectivity index (χ3n) is 4.39. The summed E-state index contributed by atoms with van der Waals surface area (Å²) in [6, 6.07) is 19.4. The Morgan fingerprint density at radius 3 is 1.69 bits per heavy atom. The van der Waals surface area contributed by atoms with E-state index in [9.17, 15) is 9.59 Å². The van der Waals surface area contributed by atoms with Gasteiger partial charge in [-0.25, -0.2) is 0 Å². The summed E-state index contributed by atoms with van der Waals surface area (Å²) in [7, 11) is 0. The second kappa shape index (κ2) is 9.12. The van der Waals surface area contributed by atoms with Crippen LogP contribution in [-0.4, -0.2) is 11.8 Å². The van der Waals surface area contributed by atoms with E-state index in [1.807, 2.05) is 38.1 Å². The van der Waals surface area contributed by atoms with E-state index in [-0.39, 0.29) is 11.8 Å². The number of nitrogens with one attached hydrogen (secondary N) is 2. The molecular weight excluding hydrogens is 407 g/mol. The fourth-order valence-electron chi connectivity index (χ4n) is 2.90. The smallest absolute Gasteiger partial charge is 0.253 e. The van der Waals surface area contributed by atoms with E-state index in [1.54, 1.807) is 42.5 Å². The van der Waals surface area contributed by atoms with Crippen LogP contribution < -0.4 is 10.6 Å². The van der Waals surface area contributed by atoms with Crippen molar-refractivity contribution in [3.8, 4) is 0 Å². The second-order valence-corrected chi connectivity index (χ2v) is 7.61. The Labute approximate surface area is 179 Å². The largest absolute Gasteiger partial charge is 0.328 e. The molecule has 3 aromatic carbocycles. The molecule has 0 atom stereocenters. The first-order valence-corrected chi connectivity index (χ1v) is 9.79. The fourth-order valence-corrected chi connectivity index (χ4v) is 3.20. The molecule has 0 aliphatic rings. The van der Waals surface area contributed by atoms with Crippen molar-refractivity contribution in [3.05, 3.63) is 105 Å². The molecule has 29 heavy (non-hydrogen) atoms. The Kier molecular flexibility index (Phi) is 6.57. The first-order valence-electron chi connectivity index (χ1n) is 9.03. The summed E-state index contributed by atoms with van der Waals surface area (Å²) in [4.78, 5) is 25.6. The van der Waals surface area contributed by atoms with Gasteiger partial charge in [-0.1, -0.05) is 64.7 Å². The van der Waals surface area contributed by atoms with Crippen LogP contribution in [0.5, 0.6) is 0 Å². The molecule has 3 aromatic rings. The minimum Gasteiger partial charge on any atom is -0.328 e. The molecule has 6 heteroatoms. The van der Waals surface area contributed by atoms with E-state index in [2.05, 4.69) is 10.6 Å². The van der Waals surface area contributed by atoms with Crippen molar-refractivity contribution in [1.82, 2.24) is 10.6 Å². The number of amides is 2. The summed E-state index contributed by atoms with van der Waals surface area (Å²) in [6.07, 6.45) is -0.786. The Balaban J connectivity index is 1.89. The van der Waals surface area contributed by atoms with Gasteiger partial charge in [0.25, 0.3) is 11.8 Å². The van der Waals surface area contributed by atoms with Gasteiger partial charge in [-0.2, -0.15) is 0 Å². The van der Waals surface area contributed by atoms with Gasteiger partial charge in [-0.3, -0.25) is 9.59 Å². The molecule has 2 N–H and O–H groups in total. The Morgan fingerprint density at radius 1 is 0.724 bits per heavy atom. The van der Waals surface area contributed by atoms with Gasteiger partial charge in [-0.05, 0) is 55.8 Å². The predicted molar refractivity (Wildman–Crippen MR) is 116 cm³/mol. The lowest BCUT2D eigenvalue weighted by Gasteiger charge is -2.21. The van der Waals surface area contributed by atoms with Crippen LogP contribution in [0.3, 0.4) is 0 Å². The lowest BCUT2D eigenvalue weighted by Crippen LogP contribution is -2.41. The Hall–Kier alpha value is -2.82. The van der Waals surface area contributed by atoms with Crippen LogP contribution in [0.4, 0.5) is 0 Å². The van der Waals surface area contributed by atoms with Crippen molar-refractivity contribution in [1.29, 1.82) is 0 Å². The van der Waals surface area contributed by atoms with E-state index < -0.39 is 6.17 Å². The van der Waals surface area contributed by atoms with Crippen LogP contribution in [0.15, 0.2) is 66.7 Å². The molecule has 0 spiro atoms. The van der Waals surface area contributed by atoms with Gasteiger partial charge in [0, 0.05) is 11.1 Å². The number of carbonyl (C=O) groups excluding carboxylic acids is 2. The molecule has 0 radical (unpaired) electrons. The molecule has 0 heterocycles. The first kappa shape index (κ1) is 20.9. The molecule has 0 aliphatic heterocycles. The van der Waals surface area contributed by atoms with Crippen LogP contribution in [0, 0.1) is 13.8 Å². The number of carbonyl (C=O) groups is 2. The third kappa shape index (κ3) is 5.37. The maximum absolute atomic E-state index is 12.8. The molecule has 0 fully saturated rings. The summed E-state index contributed by atoms with van der Waals surface area (Å²) >= 11 is 12.2. The average Bonchev–Trinajstić information content (AvgIpc) is 2.69. The zero-order valence-corrected chi connectivity index (χ0v) is 17.5. The van der Waals surface area contributed by atoms with Gasteiger partial charge in [0.05, 0.1) is 10.0 Å². The lowest BCUT2D eigenvalue weighted by molar-refractivity contribution is 0.0883. The SMILES string of the molecule is Cc1cccc(C(=O)NC(NC(=O)c2cccc(C)c2)c2ccc(Cl)c(Cl)c2)c1. The van der Waals surface area contributed by atoms with Crippen molar-refractivity contribution in [2.45, 2.75) is 20.0 Å². The summed E-state index contributed by atoms with van der Waals surface area (Å²) in [6.45, 7) is 3.82. The normalized spacial score (nSPS) is 10.7. The standard InChI is InChI=1S/C23H20Cl2N2O2/c1-14-5-3-7-17(11-14)22(28)26-21(16-9-10-19(24)20(25)13-16)27-23(29)18-8-4-6-15(2)12-18/h3-13,21H,1-2H3,(H,26,28)(H,27,29). The number of aryl methyl sites for hydroxylation is 2. The van der Waals surface area contributed by atoms with Crippen molar-refractivity contribution >= 4 is 35.0 Å². The van der Waals surface area contributed by atoms with E-state index in [0.717, 1.165) is 11.1 Å². The fraction of sp³-hybridized carbons (Fsp3) is 0.130. The highest BCUT2D eigenvalue weighted by Crippen LogP contribution is 2.25. The monoisotopic (exact) mass is 426 g/mol. The molecule has 3 rings (SSSR count). The molecule has 0 saturated carbocycles. The molecule has 0 saturated heterocycles. The van der Waals surface area contributed by atoms with Crippen molar-refractivity contribution in [2.75, 3.05) is 0 Å². The molecule has 2 amide bonds. The maximum atomic E-state index is 12.8. The van der Waals surface area contributed by atoms with E-state index >= 15 is 0 Å². The average molecular weight is 427 g/mol. The highest BCUT2D eigenvalue weighted by atomic mass is 35.5. The zero-order chi connectivity index (χ0) is 21.0. The Bertz CT molecular complexity index is 1010. The molecular formula is C23H20Cl2N2O2. The van der Waals surface area contributed by atoms with Crippen molar-refractivity contribution < 1.29 is 9.59 Å². The van der Waals surface area contributed by atoms with E-state index in [1.165, 1.54) is 0 Å². The summed E-state index contributed by atoms with van der Waals surface area (Å²) < 4.78 is 0.